The molecule has 3 aliphatic heterocycles. The van der Waals surface area contributed by atoms with Gasteiger partial charge in [0, 0.05) is 12.5 Å². The van der Waals surface area contributed by atoms with E-state index in [9.17, 15) is 13.2 Å². The molecule has 1 aromatic rings. The van der Waals surface area contributed by atoms with E-state index in [1.165, 1.54) is 4.90 Å². The summed E-state index contributed by atoms with van der Waals surface area (Å²) in [6, 6.07) is -1.48. The summed E-state index contributed by atoms with van der Waals surface area (Å²) in [4.78, 5) is 13.9. The Balaban J connectivity index is 1.51. The highest BCUT2D eigenvalue weighted by molar-refractivity contribution is 7.80. The largest absolute Gasteiger partial charge is 0.423 e. The maximum atomic E-state index is 12.4. The Morgan fingerprint density at radius 3 is 2.60 bits per heavy atom. The lowest BCUT2D eigenvalue weighted by Crippen LogP contribution is -2.35. The molecule has 2 atom stereocenters. The number of rotatable bonds is 4. The van der Waals surface area contributed by atoms with Crippen molar-refractivity contribution in [1.29, 1.82) is 0 Å². The summed E-state index contributed by atoms with van der Waals surface area (Å²) in [5.74, 6) is 1.15. The molecule has 0 saturated carbocycles. The van der Waals surface area contributed by atoms with Gasteiger partial charge < -0.3 is 14.6 Å². The van der Waals surface area contributed by atoms with Crippen molar-refractivity contribution in [3.8, 4) is 0 Å². The second kappa shape index (κ2) is 6.20. The number of urea groups is 1. The molecule has 2 amide bonds. The topological polar surface area (TPSA) is 138 Å². The highest BCUT2D eigenvalue weighted by Crippen LogP contribution is 2.39. The molecule has 138 valence electrons. The molecule has 0 unspecified atom stereocenters. The fourth-order valence-corrected chi connectivity index (χ4v) is 4.09. The van der Waals surface area contributed by atoms with E-state index in [2.05, 4.69) is 19.8 Å². The third-order valence-corrected chi connectivity index (χ3v) is 5.28. The van der Waals surface area contributed by atoms with Crippen LogP contribution in [0.2, 0.25) is 0 Å². The van der Waals surface area contributed by atoms with Crippen molar-refractivity contribution in [2.45, 2.75) is 43.7 Å². The Kier molecular flexibility index (Phi) is 4.14. The second-order valence-electron chi connectivity index (χ2n) is 6.51. The number of nitrogens with zero attached hydrogens (tertiary/aromatic N) is 4. The van der Waals surface area contributed by atoms with Gasteiger partial charge in [-0.3, -0.25) is 4.55 Å². The van der Waals surface area contributed by atoms with Crippen LogP contribution in [-0.2, 0) is 14.7 Å². The Bertz CT molecular complexity index is 761. The normalized spacial score (nSPS) is 28.0. The molecule has 2 bridgehead atoms. The number of carbonyl (C=O) groups is 1. The van der Waals surface area contributed by atoms with Gasteiger partial charge >= 0.3 is 16.4 Å². The van der Waals surface area contributed by atoms with E-state index in [0.717, 1.165) is 25.9 Å². The molecule has 2 N–H and O–H groups in total. The average molecular weight is 373 g/mol. The molecular formula is C13H19N5O6S. The average Bonchev–Trinajstić information content (AvgIpc) is 3.16. The molecule has 4 heterocycles. The Morgan fingerprint density at radius 2 is 1.88 bits per heavy atom. The predicted molar refractivity (Wildman–Crippen MR) is 81.5 cm³/mol. The maximum absolute atomic E-state index is 12.4. The lowest BCUT2D eigenvalue weighted by molar-refractivity contribution is -0.0317. The summed E-state index contributed by atoms with van der Waals surface area (Å²) in [5, 5.41) is 12.2. The minimum absolute atomic E-state index is 0.215. The smallest absolute Gasteiger partial charge is 0.418 e. The van der Waals surface area contributed by atoms with E-state index >= 15 is 0 Å². The first-order chi connectivity index (χ1) is 11.9. The number of hydrogen-bond acceptors (Lipinski definition) is 8. The van der Waals surface area contributed by atoms with Gasteiger partial charge in [0.25, 0.3) is 0 Å². The van der Waals surface area contributed by atoms with Crippen LogP contribution in [0.5, 0.6) is 0 Å². The van der Waals surface area contributed by atoms with Gasteiger partial charge in [-0.2, -0.15) is 13.5 Å². The Morgan fingerprint density at radius 1 is 1.16 bits per heavy atom. The Labute approximate surface area is 144 Å². The van der Waals surface area contributed by atoms with E-state index < -0.39 is 28.5 Å². The monoisotopic (exact) mass is 373 g/mol. The van der Waals surface area contributed by atoms with E-state index in [1.807, 2.05) is 0 Å². The summed E-state index contributed by atoms with van der Waals surface area (Å²) < 4.78 is 40.9. The standard InChI is InChI=1S/C13H19N5O6S/c19-13-17-7-9(18(13)24-25(20,21)22)1-2-10(17)12-16-15-11(23-12)8-3-5-14-6-4-8/h8-10,14H,1-7H2,(H,20,21,22)/t9-,10-/m1/s1. The highest BCUT2D eigenvalue weighted by atomic mass is 32.3. The van der Waals surface area contributed by atoms with Gasteiger partial charge in [0.05, 0.1) is 6.04 Å². The molecule has 0 aliphatic carbocycles. The van der Waals surface area contributed by atoms with Gasteiger partial charge in [0.15, 0.2) is 0 Å². The molecule has 1 aromatic heterocycles. The number of fused-ring (bicyclic) bond motifs is 2. The maximum Gasteiger partial charge on any atom is 0.418 e. The van der Waals surface area contributed by atoms with Crippen molar-refractivity contribution in [1.82, 2.24) is 25.5 Å². The first-order valence-corrected chi connectivity index (χ1v) is 9.60. The first kappa shape index (κ1) is 16.7. The lowest BCUT2D eigenvalue weighted by Gasteiger charge is -2.27. The van der Waals surface area contributed by atoms with Crippen molar-refractivity contribution in [3.05, 3.63) is 11.8 Å². The molecule has 0 spiro atoms. The van der Waals surface area contributed by atoms with Crippen LogP contribution in [-0.4, -0.2) is 64.8 Å². The number of nitrogens with one attached hydrogen (secondary N) is 1. The first-order valence-electron chi connectivity index (χ1n) is 8.23. The molecule has 3 aliphatic rings. The van der Waals surface area contributed by atoms with Crippen LogP contribution in [0.3, 0.4) is 0 Å². The third kappa shape index (κ3) is 3.21. The fraction of sp³-hybridized carbons (Fsp3) is 0.769. The van der Waals surface area contributed by atoms with Gasteiger partial charge in [-0.25, -0.2) is 4.79 Å². The van der Waals surface area contributed by atoms with Crippen molar-refractivity contribution in [2.24, 2.45) is 0 Å². The summed E-state index contributed by atoms with van der Waals surface area (Å²) in [5.41, 5.74) is 0. The van der Waals surface area contributed by atoms with Crippen molar-refractivity contribution < 1.29 is 26.5 Å². The second-order valence-corrected chi connectivity index (χ2v) is 7.52. The van der Waals surface area contributed by atoms with Gasteiger partial charge in [0.2, 0.25) is 11.8 Å². The number of amides is 2. The Hall–Kier alpha value is -1.76. The molecule has 25 heavy (non-hydrogen) atoms. The molecule has 11 nitrogen and oxygen atoms in total. The molecule has 4 rings (SSSR count). The number of piperidine rings is 2. The van der Waals surface area contributed by atoms with Crippen molar-refractivity contribution in [3.63, 3.8) is 0 Å². The zero-order chi connectivity index (χ0) is 17.6. The minimum atomic E-state index is -4.75. The van der Waals surface area contributed by atoms with Crippen molar-refractivity contribution >= 4 is 16.4 Å². The summed E-state index contributed by atoms with van der Waals surface area (Å²) in [7, 11) is -4.75. The zero-order valence-corrected chi connectivity index (χ0v) is 14.2. The number of aromatic nitrogens is 2. The minimum Gasteiger partial charge on any atom is -0.423 e. The summed E-state index contributed by atoms with van der Waals surface area (Å²) in [6.45, 7) is 2.09. The number of carbonyl (C=O) groups excluding carboxylic acids is 1. The summed E-state index contributed by atoms with van der Waals surface area (Å²) >= 11 is 0. The van der Waals surface area contributed by atoms with Crippen molar-refractivity contribution in [2.75, 3.05) is 19.6 Å². The van der Waals surface area contributed by atoms with Crippen LogP contribution in [0.15, 0.2) is 4.42 Å². The molecular weight excluding hydrogens is 354 g/mol. The molecule has 3 fully saturated rings. The molecule has 0 radical (unpaired) electrons. The summed E-state index contributed by atoms with van der Waals surface area (Å²) in [6.07, 6.45) is 2.91. The molecule has 0 aromatic carbocycles. The van der Waals surface area contributed by atoms with Crippen LogP contribution in [0, 0.1) is 0 Å². The van der Waals surface area contributed by atoms with Crippen LogP contribution in [0.25, 0.3) is 0 Å². The third-order valence-electron chi connectivity index (χ3n) is 4.93. The van der Waals surface area contributed by atoms with Crippen LogP contribution < -0.4 is 5.32 Å². The lowest BCUT2D eigenvalue weighted by atomic mass is 9.98. The van der Waals surface area contributed by atoms with Crippen LogP contribution in [0.4, 0.5) is 4.79 Å². The predicted octanol–water partition coefficient (Wildman–Crippen LogP) is 0.212. The molecule has 3 saturated heterocycles. The van der Waals surface area contributed by atoms with Crippen LogP contribution in [0.1, 0.15) is 49.4 Å². The number of hydrogen-bond donors (Lipinski definition) is 2. The van der Waals surface area contributed by atoms with Gasteiger partial charge in [-0.15, -0.1) is 14.5 Å². The number of hydroxylamine groups is 2. The van der Waals surface area contributed by atoms with E-state index in [-0.39, 0.29) is 12.5 Å². The van der Waals surface area contributed by atoms with Gasteiger partial charge in [0.1, 0.15) is 6.04 Å². The zero-order valence-electron chi connectivity index (χ0n) is 13.4. The fourth-order valence-electron chi connectivity index (χ4n) is 3.70. The van der Waals surface area contributed by atoms with Gasteiger partial charge in [-0.1, -0.05) is 0 Å². The quantitative estimate of drug-likeness (QED) is 0.709. The van der Waals surface area contributed by atoms with Crippen LogP contribution >= 0.6 is 0 Å². The highest BCUT2D eigenvalue weighted by Gasteiger charge is 2.49. The SMILES string of the molecule is O=C1N2C[C@@H](CC[C@@H]2c2nnc(C3CCNCC3)o2)N1OS(=O)(=O)O. The molecule has 12 heteroatoms. The van der Waals surface area contributed by atoms with E-state index in [0.29, 0.717) is 29.7 Å². The van der Waals surface area contributed by atoms with Gasteiger partial charge in [-0.05, 0) is 38.8 Å². The van der Waals surface area contributed by atoms with E-state index in [4.69, 9.17) is 8.97 Å². The van der Waals surface area contributed by atoms with E-state index in [1.54, 1.807) is 0 Å².